The van der Waals surface area contributed by atoms with Gasteiger partial charge in [0.15, 0.2) is 0 Å². The molecule has 1 saturated heterocycles. The standard InChI is InChI=1S/C38H54N6O9S/c1-23(2)39-27-14-13-24-20-43(21-25(24)17-27)36(49)52-28-18-31-32(45)41-38(34(47)42-54(50,51)29-15-16-29)19-26(38)11-9-7-6-8-10-12-30(33(46)44(31)22-28)40-35(48)53-37(3,4)5/h9,11,13-14,17,23,26,28-31,39H,6-8,10,12,15-16,18-22H2,1-5H3,(H,40,48)(H,41,45)(H,42,47)/b11-9-/t26-,28+,30-,31?,38+/m0/s1. The number of hydrogen-bond donors (Lipinski definition) is 4. The Hall–Kier alpha value is -4.34. The minimum absolute atomic E-state index is 0.0652. The van der Waals surface area contributed by atoms with Gasteiger partial charge in [-0.3, -0.25) is 24.0 Å². The summed E-state index contributed by atoms with van der Waals surface area (Å²) >= 11 is 0. The van der Waals surface area contributed by atoms with Crippen LogP contribution in [0.5, 0.6) is 0 Å². The van der Waals surface area contributed by atoms with Crippen LogP contribution in [0.15, 0.2) is 30.4 Å². The molecule has 5 atom stereocenters. The third-order valence-corrected chi connectivity index (χ3v) is 12.3. The van der Waals surface area contributed by atoms with Crippen molar-refractivity contribution in [2.45, 2.75) is 146 Å². The van der Waals surface area contributed by atoms with Crippen molar-refractivity contribution >= 4 is 45.6 Å². The monoisotopic (exact) mass is 770 g/mol. The Bertz CT molecular complexity index is 1790. The first kappa shape index (κ1) is 39.4. The predicted octanol–water partition coefficient (Wildman–Crippen LogP) is 3.83. The van der Waals surface area contributed by atoms with E-state index in [1.165, 1.54) is 4.90 Å². The Morgan fingerprint density at radius 2 is 1.76 bits per heavy atom. The van der Waals surface area contributed by atoms with E-state index in [0.717, 1.165) is 29.7 Å². The van der Waals surface area contributed by atoms with Crippen LogP contribution in [0.1, 0.15) is 104 Å². The quantitative estimate of drug-likeness (QED) is 0.297. The molecule has 16 heteroatoms. The van der Waals surface area contributed by atoms with E-state index in [-0.39, 0.29) is 31.8 Å². The lowest BCUT2D eigenvalue weighted by Gasteiger charge is -2.30. The van der Waals surface area contributed by atoms with Crippen molar-refractivity contribution in [2.75, 3.05) is 11.9 Å². The van der Waals surface area contributed by atoms with Crippen LogP contribution in [0.25, 0.3) is 0 Å². The van der Waals surface area contributed by atoms with Crippen molar-refractivity contribution in [3.63, 3.8) is 0 Å². The van der Waals surface area contributed by atoms with E-state index in [2.05, 4.69) is 20.7 Å². The molecule has 15 nitrogen and oxygen atoms in total. The van der Waals surface area contributed by atoms with Gasteiger partial charge in [-0.15, -0.1) is 0 Å². The van der Waals surface area contributed by atoms with Crippen molar-refractivity contribution in [1.29, 1.82) is 0 Å². The van der Waals surface area contributed by atoms with Gasteiger partial charge in [-0.05, 0) is 96.4 Å². The Balaban J connectivity index is 1.23. The van der Waals surface area contributed by atoms with Crippen molar-refractivity contribution in [1.82, 2.24) is 25.2 Å². The van der Waals surface area contributed by atoms with E-state index in [1.807, 2.05) is 44.2 Å². The third kappa shape index (κ3) is 9.29. The number of sulfonamides is 1. The van der Waals surface area contributed by atoms with E-state index in [4.69, 9.17) is 9.47 Å². The Labute approximate surface area is 317 Å². The van der Waals surface area contributed by atoms with Gasteiger partial charge in [0.1, 0.15) is 29.3 Å². The van der Waals surface area contributed by atoms with Crippen LogP contribution in [-0.4, -0.2) is 95.3 Å². The first-order chi connectivity index (χ1) is 25.4. The van der Waals surface area contributed by atoms with Gasteiger partial charge < -0.3 is 30.3 Å². The normalized spacial score (nSPS) is 28.0. The Morgan fingerprint density at radius 3 is 2.46 bits per heavy atom. The molecule has 54 heavy (non-hydrogen) atoms. The van der Waals surface area contributed by atoms with Crippen LogP contribution in [0.4, 0.5) is 15.3 Å². The number of benzene rings is 1. The summed E-state index contributed by atoms with van der Waals surface area (Å²) in [5, 5.41) is 8.26. The summed E-state index contributed by atoms with van der Waals surface area (Å²) < 4.78 is 39.2. The summed E-state index contributed by atoms with van der Waals surface area (Å²) in [6.07, 6.45) is 5.64. The van der Waals surface area contributed by atoms with Crippen molar-refractivity contribution in [2.24, 2.45) is 5.92 Å². The summed E-state index contributed by atoms with van der Waals surface area (Å²) in [7, 11) is -3.90. The average molecular weight is 771 g/mol. The molecule has 4 N–H and O–H groups in total. The van der Waals surface area contributed by atoms with Gasteiger partial charge >= 0.3 is 12.2 Å². The number of ether oxygens (including phenoxy) is 2. The maximum absolute atomic E-state index is 14.4. The molecule has 0 aromatic heterocycles. The van der Waals surface area contributed by atoms with Crippen LogP contribution < -0.4 is 20.7 Å². The summed E-state index contributed by atoms with van der Waals surface area (Å²) in [6.45, 7) is 9.77. The number of fused-ring (bicyclic) bond motifs is 3. The number of alkyl carbamates (subject to hydrolysis) is 1. The first-order valence-corrected chi connectivity index (χ1v) is 20.7. The molecule has 0 radical (unpaired) electrons. The molecule has 296 valence electrons. The largest absolute Gasteiger partial charge is 0.444 e. The van der Waals surface area contributed by atoms with E-state index in [9.17, 15) is 32.4 Å². The zero-order valence-electron chi connectivity index (χ0n) is 31.8. The zero-order valence-corrected chi connectivity index (χ0v) is 32.6. The SMILES string of the molecule is CC(C)Nc1ccc2c(c1)CN(C(=O)O[C@@H]1CC3C(=O)N[C@]4(C(=O)NS(=O)(=O)C5CC5)C[C@@H]4/C=C\CCCCC[C@H](NC(=O)OC(C)(C)C)C(=O)N3C1)C2. The molecule has 2 aliphatic carbocycles. The Kier molecular flexibility index (Phi) is 11.2. The molecule has 2 saturated carbocycles. The highest BCUT2D eigenvalue weighted by Crippen LogP contribution is 2.46. The number of carbonyl (C=O) groups excluding carboxylic acids is 5. The van der Waals surface area contributed by atoms with Crippen molar-refractivity contribution < 1.29 is 41.9 Å². The molecule has 0 bridgehead atoms. The number of anilines is 1. The third-order valence-electron chi connectivity index (χ3n) is 10.4. The minimum Gasteiger partial charge on any atom is -0.444 e. The van der Waals surface area contributed by atoms with E-state index in [1.54, 1.807) is 25.7 Å². The maximum atomic E-state index is 14.4. The highest BCUT2D eigenvalue weighted by molar-refractivity contribution is 7.91. The number of amides is 5. The van der Waals surface area contributed by atoms with Crippen molar-refractivity contribution in [3.05, 3.63) is 41.5 Å². The van der Waals surface area contributed by atoms with Crippen LogP contribution in [0.2, 0.25) is 0 Å². The second kappa shape index (κ2) is 15.4. The fraction of sp³-hybridized carbons (Fsp3) is 0.658. The Morgan fingerprint density at radius 1 is 1.02 bits per heavy atom. The number of nitrogens with zero attached hydrogens (tertiary/aromatic N) is 2. The molecule has 1 aromatic carbocycles. The minimum atomic E-state index is -3.90. The molecule has 1 aromatic rings. The molecule has 6 rings (SSSR count). The molecule has 0 spiro atoms. The van der Waals surface area contributed by atoms with Gasteiger partial charge in [0.2, 0.25) is 21.8 Å². The van der Waals surface area contributed by atoms with Crippen LogP contribution in [-0.2, 0) is 47.0 Å². The van der Waals surface area contributed by atoms with Crippen LogP contribution in [0, 0.1) is 5.92 Å². The molecule has 3 heterocycles. The lowest BCUT2D eigenvalue weighted by atomic mass is 10.0. The highest BCUT2D eigenvalue weighted by atomic mass is 32.2. The van der Waals surface area contributed by atoms with Gasteiger partial charge in [0, 0.05) is 37.2 Å². The van der Waals surface area contributed by atoms with E-state index < -0.39 is 80.4 Å². The molecule has 5 aliphatic rings. The number of allylic oxidation sites excluding steroid dienone is 1. The zero-order chi connectivity index (χ0) is 39.0. The summed E-state index contributed by atoms with van der Waals surface area (Å²) in [5.41, 5.74) is 0.578. The number of rotatable bonds is 7. The highest BCUT2D eigenvalue weighted by Gasteiger charge is 2.62. The van der Waals surface area contributed by atoms with Gasteiger partial charge in [0.25, 0.3) is 5.91 Å². The summed E-state index contributed by atoms with van der Waals surface area (Å²) in [5.74, 6) is -2.49. The van der Waals surface area contributed by atoms with E-state index >= 15 is 0 Å². The number of nitrogens with one attached hydrogen (secondary N) is 4. The molecule has 5 amide bonds. The molecule has 3 fully saturated rings. The molecule has 3 aliphatic heterocycles. The fourth-order valence-electron chi connectivity index (χ4n) is 7.46. The van der Waals surface area contributed by atoms with Gasteiger partial charge in [-0.2, -0.15) is 0 Å². The predicted molar refractivity (Wildman–Crippen MR) is 199 cm³/mol. The lowest BCUT2D eigenvalue weighted by Crippen LogP contribution is -2.58. The maximum Gasteiger partial charge on any atom is 0.410 e. The summed E-state index contributed by atoms with van der Waals surface area (Å²) in [4.78, 5) is 71.7. The second-order valence-corrected chi connectivity index (χ2v) is 18.6. The first-order valence-electron chi connectivity index (χ1n) is 19.1. The van der Waals surface area contributed by atoms with Gasteiger partial charge in [-0.25, -0.2) is 18.0 Å². The number of carbonyl (C=O) groups is 5. The second-order valence-electron chi connectivity index (χ2n) is 16.6. The topological polar surface area (TPSA) is 193 Å². The lowest BCUT2D eigenvalue weighted by molar-refractivity contribution is -0.141. The number of hydrogen-bond acceptors (Lipinski definition) is 10. The molecular weight excluding hydrogens is 717 g/mol. The summed E-state index contributed by atoms with van der Waals surface area (Å²) in [6, 6.07) is 3.97. The van der Waals surface area contributed by atoms with E-state index in [0.29, 0.717) is 38.8 Å². The fourth-order valence-corrected chi connectivity index (χ4v) is 8.82. The smallest absolute Gasteiger partial charge is 0.410 e. The molecular formula is C38H54N6O9S. The van der Waals surface area contributed by atoms with Gasteiger partial charge in [-0.1, -0.05) is 31.1 Å². The van der Waals surface area contributed by atoms with Crippen LogP contribution in [0.3, 0.4) is 0 Å². The van der Waals surface area contributed by atoms with Gasteiger partial charge in [0.05, 0.1) is 11.8 Å². The molecule has 1 unspecified atom stereocenters. The average Bonchev–Trinajstić information content (AvgIpc) is 3.96. The van der Waals surface area contributed by atoms with Crippen LogP contribution >= 0.6 is 0 Å². The van der Waals surface area contributed by atoms with Crippen molar-refractivity contribution in [3.8, 4) is 0 Å².